The molecule has 0 radical (unpaired) electrons. The number of rotatable bonds is 6. The zero-order valence-corrected chi connectivity index (χ0v) is 37.5. The molecular weight excluding hydrogens is 767 g/mol. The van der Waals surface area contributed by atoms with E-state index in [4.69, 9.17) is 9.47 Å². The molecule has 0 N–H and O–H groups in total. The van der Waals surface area contributed by atoms with Gasteiger partial charge in [-0.05, 0) is 182 Å². The van der Waals surface area contributed by atoms with Crippen LogP contribution in [0.25, 0.3) is 33.4 Å². The van der Waals surface area contributed by atoms with Crippen molar-refractivity contribution < 1.29 is 9.47 Å². The summed E-state index contributed by atoms with van der Waals surface area (Å²) in [5.41, 5.74) is 10.1. The van der Waals surface area contributed by atoms with E-state index < -0.39 is 0 Å². The van der Waals surface area contributed by atoms with Gasteiger partial charge < -0.3 is 14.4 Å². The summed E-state index contributed by atoms with van der Waals surface area (Å²) in [7, 11) is 0. The van der Waals surface area contributed by atoms with E-state index in [9.17, 15) is 0 Å². The zero-order valence-electron chi connectivity index (χ0n) is 37.5. The Hall–Kier alpha value is -4.18. The molecule has 1 aliphatic heterocycles. The third kappa shape index (κ3) is 7.71. The molecule has 0 spiro atoms. The Bertz CT molecular complexity index is 2280. The number of hydrogen-bond acceptors (Lipinski definition) is 3. The Balaban J connectivity index is 0.874. The molecule has 6 saturated carbocycles. The average molecular weight is 836 g/mol. The van der Waals surface area contributed by atoms with Crippen LogP contribution in [0, 0.1) is 47.3 Å². The molecule has 6 aliphatic carbocycles. The minimum Gasteiger partial charge on any atom is -0.370 e. The smallest absolute Gasteiger partial charge is 0.0875 e. The number of benzene rings is 5. The molecule has 7 aliphatic rings. The summed E-state index contributed by atoms with van der Waals surface area (Å²) in [6.45, 7) is 0. The van der Waals surface area contributed by atoms with Gasteiger partial charge in [0.2, 0.25) is 0 Å². The highest BCUT2D eigenvalue weighted by Crippen LogP contribution is 2.61. The van der Waals surface area contributed by atoms with Crippen LogP contribution in [0.1, 0.15) is 109 Å². The first-order valence-corrected chi connectivity index (χ1v) is 25.7. The lowest BCUT2D eigenvalue weighted by atomic mass is 9.47. The maximum absolute atomic E-state index is 7.85. The molecule has 13 unspecified atom stereocenters. The number of ether oxygens (including phenoxy) is 2. The van der Waals surface area contributed by atoms with E-state index in [2.05, 4.69) is 138 Å². The topological polar surface area (TPSA) is 21.7 Å². The van der Waals surface area contributed by atoms with Crippen LogP contribution in [0.15, 0.2) is 133 Å². The van der Waals surface area contributed by atoms with E-state index in [0.717, 1.165) is 60.7 Å². The number of anilines is 2. The lowest BCUT2D eigenvalue weighted by molar-refractivity contribution is -0.277. The third-order valence-electron chi connectivity index (χ3n) is 18.2. The van der Waals surface area contributed by atoms with Crippen LogP contribution in [0.5, 0.6) is 0 Å². The summed E-state index contributed by atoms with van der Waals surface area (Å²) in [6.07, 6.45) is 24.3. The van der Waals surface area contributed by atoms with Gasteiger partial charge in [0.1, 0.15) is 0 Å². The highest BCUT2D eigenvalue weighted by molar-refractivity contribution is 5.77. The van der Waals surface area contributed by atoms with Gasteiger partial charge in [0.25, 0.3) is 0 Å². The van der Waals surface area contributed by atoms with Gasteiger partial charge in [-0.1, -0.05) is 142 Å². The van der Waals surface area contributed by atoms with Crippen molar-refractivity contribution in [3.8, 4) is 33.4 Å². The van der Waals surface area contributed by atoms with Gasteiger partial charge in [-0.2, -0.15) is 0 Å². The molecule has 3 nitrogen and oxygen atoms in total. The summed E-state index contributed by atoms with van der Waals surface area (Å²) >= 11 is 0. The van der Waals surface area contributed by atoms with Crippen LogP contribution in [0.3, 0.4) is 0 Å². The second kappa shape index (κ2) is 17.7. The lowest BCUT2D eigenvalue weighted by Crippen LogP contribution is -2.62. The maximum Gasteiger partial charge on any atom is 0.0875 e. The molecule has 0 bridgehead atoms. The van der Waals surface area contributed by atoms with Gasteiger partial charge in [-0.25, -0.2) is 0 Å². The van der Waals surface area contributed by atoms with Gasteiger partial charge in [0, 0.05) is 17.4 Å². The first-order valence-electron chi connectivity index (χ1n) is 25.7. The van der Waals surface area contributed by atoms with E-state index in [1.165, 1.54) is 135 Å². The highest BCUT2D eigenvalue weighted by Gasteiger charge is 2.58. The van der Waals surface area contributed by atoms with E-state index >= 15 is 0 Å². The molecule has 1 heterocycles. The standard InChI is InChI=1S/C60H69NO2/c1-3-15-40(16-4-1)42-29-31-46(32-30-42)61(47-22-14-21-45(38-47)44-20-13-19-43(37-44)41-17-5-2-6-18-41)48-33-35-56-58(39-48)63-60-57(62-56)36-34-55-53-27-10-9-25-51(53)49-23-7-8-24-50(49)52-26-11-12-28-54(52)59(55)60/h1-6,13-22,29-32,37-38,48-60H,7-12,23-28,33-36,39H2. The minimum absolute atomic E-state index is 0.137. The Morgan fingerprint density at radius 2 is 0.810 bits per heavy atom. The Kier molecular flexibility index (Phi) is 11.3. The van der Waals surface area contributed by atoms with Crippen LogP contribution in [0.4, 0.5) is 11.4 Å². The molecule has 5 aromatic carbocycles. The van der Waals surface area contributed by atoms with Crippen molar-refractivity contribution in [1.82, 2.24) is 0 Å². The van der Waals surface area contributed by atoms with Crippen LogP contribution < -0.4 is 4.90 Å². The molecule has 63 heavy (non-hydrogen) atoms. The Labute approximate surface area is 378 Å². The minimum atomic E-state index is 0.137. The molecule has 326 valence electrons. The third-order valence-corrected chi connectivity index (χ3v) is 18.2. The molecule has 0 aromatic heterocycles. The maximum atomic E-state index is 7.85. The van der Waals surface area contributed by atoms with Gasteiger partial charge >= 0.3 is 0 Å². The van der Waals surface area contributed by atoms with Crippen LogP contribution in [-0.4, -0.2) is 30.5 Å². The van der Waals surface area contributed by atoms with Gasteiger partial charge in [0.05, 0.1) is 24.4 Å². The van der Waals surface area contributed by atoms with Gasteiger partial charge in [0.15, 0.2) is 0 Å². The van der Waals surface area contributed by atoms with Crippen molar-refractivity contribution in [3.05, 3.63) is 133 Å². The molecule has 1 saturated heterocycles. The fourth-order valence-corrected chi connectivity index (χ4v) is 15.7. The molecule has 0 amide bonds. The number of nitrogens with zero attached hydrogens (tertiary/aromatic N) is 1. The second-order valence-electron chi connectivity index (χ2n) is 21.3. The predicted molar refractivity (Wildman–Crippen MR) is 259 cm³/mol. The predicted octanol–water partition coefficient (Wildman–Crippen LogP) is 15.4. The van der Waals surface area contributed by atoms with Crippen molar-refractivity contribution in [2.45, 2.75) is 140 Å². The van der Waals surface area contributed by atoms with Crippen LogP contribution in [-0.2, 0) is 9.47 Å². The lowest BCUT2D eigenvalue weighted by Gasteiger charge is -2.61. The van der Waals surface area contributed by atoms with Gasteiger partial charge in [-0.3, -0.25) is 0 Å². The SMILES string of the molecule is c1ccc(-c2ccc(N(c3cccc(-c4cccc(-c5ccccc5)c4)c3)C3CCC4OC5CCC6C7CCCCC7C7CCCCC7C7CCCCC7C6C5OC4C3)cc2)cc1. The quantitative estimate of drug-likeness (QED) is 0.159. The van der Waals surface area contributed by atoms with Crippen molar-refractivity contribution >= 4 is 11.4 Å². The van der Waals surface area contributed by atoms with E-state index in [1.807, 2.05) is 0 Å². The van der Waals surface area contributed by atoms with Crippen molar-refractivity contribution in [1.29, 1.82) is 0 Å². The van der Waals surface area contributed by atoms with Crippen molar-refractivity contribution in [3.63, 3.8) is 0 Å². The van der Waals surface area contributed by atoms with Crippen LogP contribution in [0.2, 0.25) is 0 Å². The number of hydrogen-bond donors (Lipinski definition) is 0. The normalized spacial score (nSPS) is 34.9. The number of fused-ring (bicyclic) bond motifs is 11. The van der Waals surface area contributed by atoms with Crippen molar-refractivity contribution in [2.24, 2.45) is 47.3 Å². The first kappa shape index (κ1) is 40.3. The highest BCUT2D eigenvalue weighted by atomic mass is 16.6. The monoisotopic (exact) mass is 836 g/mol. The average Bonchev–Trinajstić information content (AvgIpc) is 3.36. The molecule has 13 atom stereocenters. The van der Waals surface area contributed by atoms with E-state index in [0.29, 0.717) is 12.0 Å². The molecule has 7 fully saturated rings. The fraction of sp³-hybridized carbons (Fsp3) is 0.500. The largest absolute Gasteiger partial charge is 0.370 e. The molecule has 3 heteroatoms. The zero-order chi connectivity index (χ0) is 41.7. The van der Waals surface area contributed by atoms with Crippen molar-refractivity contribution in [2.75, 3.05) is 4.90 Å². The molecule has 5 aromatic rings. The summed E-state index contributed by atoms with van der Waals surface area (Å²) in [4.78, 5) is 2.68. The van der Waals surface area contributed by atoms with E-state index in [-0.39, 0.29) is 24.4 Å². The summed E-state index contributed by atoms with van der Waals surface area (Å²) in [6, 6.07) is 49.7. The summed E-state index contributed by atoms with van der Waals surface area (Å²) < 4.78 is 15.3. The second-order valence-corrected chi connectivity index (χ2v) is 21.3. The first-order chi connectivity index (χ1) is 31.2. The fourth-order valence-electron chi connectivity index (χ4n) is 15.7. The molecule has 12 rings (SSSR count). The summed E-state index contributed by atoms with van der Waals surface area (Å²) in [5.74, 6) is 7.08. The molecular formula is C60H69NO2. The van der Waals surface area contributed by atoms with E-state index in [1.54, 1.807) is 0 Å². The van der Waals surface area contributed by atoms with Gasteiger partial charge in [-0.15, -0.1) is 0 Å². The summed E-state index contributed by atoms with van der Waals surface area (Å²) in [5, 5.41) is 0. The Morgan fingerprint density at radius 1 is 0.333 bits per heavy atom. The van der Waals surface area contributed by atoms with Crippen LogP contribution >= 0.6 is 0 Å². The Morgan fingerprint density at radius 3 is 1.44 bits per heavy atom.